The molecule has 2 aromatic carbocycles. The Morgan fingerprint density at radius 1 is 1.12 bits per heavy atom. The van der Waals surface area contributed by atoms with Crippen LogP contribution in [0.15, 0.2) is 54.6 Å². The van der Waals surface area contributed by atoms with Gasteiger partial charge < -0.3 is 0 Å². The van der Waals surface area contributed by atoms with Crippen LogP contribution in [0, 0.1) is 0 Å². The molecular weight excluding hydrogens is 192 g/mol. The molecule has 0 atom stereocenters. The molecule has 0 bridgehead atoms. The highest BCUT2D eigenvalue weighted by atomic mass is 14.2. The van der Waals surface area contributed by atoms with E-state index in [9.17, 15) is 0 Å². The molecule has 0 saturated heterocycles. The molecule has 0 heterocycles. The van der Waals surface area contributed by atoms with Gasteiger partial charge in [-0.15, -0.1) is 6.58 Å². The summed E-state index contributed by atoms with van der Waals surface area (Å²) in [6, 6.07) is 13.1. The third kappa shape index (κ3) is 1.38. The second-order valence-electron chi connectivity index (χ2n) is 4.33. The lowest BCUT2D eigenvalue weighted by Crippen LogP contribution is -1.98. The molecule has 0 aromatic heterocycles. The molecule has 16 heavy (non-hydrogen) atoms. The highest BCUT2D eigenvalue weighted by molar-refractivity contribution is 5.95. The van der Waals surface area contributed by atoms with E-state index in [0.29, 0.717) is 0 Å². The minimum Gasteiger partial charge on any atom is -0.103 e. The number of hydrogen-bond donors (Lipinski definition) is 0. The van der Waals surface area contributed by atoms with Crippen molar-refractivity contribution in [2.45, 2.75) is 12.8 Å². The Labute approximate surface area is 95.9 Å². The molecule has 1 aliphatic rings. The van der Waals surface area contributed by atoms with Gasteiger partial charge in [0.15, 0.2) is 0 Å². The number of allylic oxidation sites excluding steroid dienone is 2. The molecule has 0 N–H and O–H groups in total. The molecule has 0 amide bonds. The zero-order valence-electron chi connectivity index (χ0n) is 9.24. The topological polar surface area (TPSA) is 0 Å². The summed E-state index contributed by atoms with van der Waals surface area (Å²) < 4.78 is 0. The minimum atomic E-state index is 0.991. The second-order valence-corrected chi connectivity index (χ2v) is 4.33. The number of benzene rings is 2. The second kappa shape index (κ2) is 3.64. The Hall–Kier alpha value is -1.82. The third-order valence-corrected chi connectivity index (χ3v) is 3.21. The molecule has 0 radical (unpaired) electrons. The van der Waals surface area contributed by atoms with Crippen LogP contribution >= 0.6 is 0 Å². The first-order chi connectivity index (χ1) is 7.88. The first-order valence-corrected chi connectivity index (χ1v) is 5.69. The first-order valence-electron chi connectivity index (χ1n) is 5.69. The van der Waals surface area contributed by atoms with Gasteiger partial charge in [0.05, 0.1) is 0 Å². The zero-order chi connectivity index (χ0) is 11.0. The number of hydrogen-bond acceptors (Lipinski definition) is 0. The van der Waals surface area contributed by atoms with Gasteiger partial charge in [-0.25, -0.2) is 0 Å². The van der Waals surface area contributed by atoms with Crippen LogP contribution < -0.4 is 0 Å². The zero-order valence-corrected chi connectivity index (χ0v) is 9.24. The summed E-state index contributed by atoms with van der Waals surface area (Å²) in [7, 11) is 0. The van der Waals surface area contributed by atoms with E-state index in [2.05, 4.69) is 49.1 Å². The van der Waals surface area contributed by atoms with E-state index in [-0.39, 0.29) is 0 Å². The fraction of sp³-hybridized carbons (Fsp3) is 0.125. The molecular formula is C16H14. The highest BCUT2D eigenvalue weighted by Gasteiger charge is 2.11. The van der Waals surface area contributed by atoms with Gasteiger partial charge in [0.25, 0.3) is 0 Å². The standard InChI is InChI=1S/C16H14/c1-2-5-12-10-14-8-3-6-13-7-4-9-15(11-12)16(13)14/h2-4,6-10H,1,5,11H2. The van der Waals surface area contributed by atoms with E-state index in [4.69, 9.17) is 0 Å². The Bertz CT molecular complexity index is 583. The van der Waals surface area contributed by atoms with Gasteiger partial charge in [-0.1, -0.05) is 54.1 Å². The Balaban J connectivity index is 2.27. The van der Waals surface area contributed by atoms with Gasteiger partial charge in [-0.2, -0.15) is 0 Å². The van der Waals surface area contributed by atoms with E-state index < -0.39 is 0 Å². The molecule has 2 aromatic rings. The monoisotopic (exact) mass is 206 g/mol. The van der Waals surface area contributed by atoms with Crippen LogP contribution in [-0.4, -0.2) is 0 Å². The summed E-state index contributed by atoms with van der Waals surface area (Å²) >= 11 is 0. The molecule has 0 spiro atoms. The maximum absolute atomic E-state index is 3.82. The largest absolute Gasteiger partial charge is 0.103 e. The van der Waals surface area contributed by atoms with Gasteiger partial charge >= 0.3 is 0 Å². The molecule has 3 rings (SSSR count). The van der Waals surface area contributed by atoms with Crippen molar-refractivity contribution >= 4 is 16.8 Å². The van der Waals surface area contributed by atoms with Crippen molar-refractivity contribution in [1.29, 1.82) is 0 Å². The SMILES string of the molecule is C=CCC1=Cc2cccc3cccc(c23)C1. The normalized spacial score (nSPS) is 13.6. The van der Waals surface area contributed by atoms with Crippen LogP contribution in [0.4, 0.5) is 0 Å². The van der Waals surface area contributed by atoms with Crippen molar-refractivity contribution in [3.05, 3.63) is 65.8 Å². The Kier molecular flexibility index (Phi) is 2.14. The lowest BCUT2D eigenvalue weighted by atomic mass is 9.88. The molecule has 1 aliphatic carbocycles. The number of rotatable bonds is 2. The summed E-state index contributed by atoms with van der Waals surface area (Å²) in [6.45, 7) is 3.82. The van der Waals surface area contributed by atoms with Gasteiger partial charge in [0.2, 0.25) is 0 Å². The fourth-order valence-corrected chi connectivity index (χ4v) is 2.55. The lowest BCUT2D eigenvalue weighted by molar-refractivity contribution is 1.08. The third-order valence-electron chi connectivity index (χ3n) is 3.21. The van der Waals surface area contributed by atoms with Gasteiger partial charge in [0, 0.05) is 0 Å². The predicted octanol–water partition coefficient (Wildman–Crippen LogP) is 4.36. The highest BCUT2D eigenvalue weighted by Crippen LogP contribution is 2.32. The molecule has 0 unspecified atom stereocenters. The van der Waals surface area contributed by atoms with Crippen LogP contribution in [0.1, 0.15) is 17.5 Å². The molecule has 0 aliphatic heterocycles. The van der Waals surface area contributed by atoms with E-state index in [0.717, 1.165) is 12.8 Å². The van der Waals surface area contributed by atoms with E-state index in [1.54, 1.807) is 0 Å². The van der Waals surface area contributed by atoms with Gasteiger partial charge in [-0.05, 0) is 34.7 Å². The molecule has 0 fully saturated rings. The fourth-order valence-electron chi connectivity index (χ4n) is 2.55. The van der Waals surface area contributed by atoms with Crippen molar-refractivity contribution in [3.8, 4) is 0 Å². The Morgan fingerprint density at radius 3 is 2.75 bits per heavy atom. The van der Waals surface area contributed by atoms with Crippen molar-refractivity contribution in [3.63, 3.8) is 0 Å². The maximum Gasteiger partial charge on any atom is -0.00543 e. The quantitative estimate of drug-likeness (QED) is 0.640. The molecule has 78 valence electrons. The first kappa shape index (κ1) is 9.41. The average Bonchev–Trinajstić information content (AvgIpc) is 2.30. The summed E-state index contributed by atoms with van der Waals surface area (Å²) in [5, 5.41) is 2.78. The van der Waals surface area contributed by atoms with E-state index >= 15 is 0 Å². The van der Waals surface area contributed by atoms with E-state index in [1.165, 1.54) is 27.5 Å². The van der Waals surface area contributed by atoms with Crippen molar-refractivity contribution in [1.82, 2.24) is 0 Å². The van der Waals surface area contributed by atoms with Gasteiger partial charge in [-0.3, -0.25) is 0 Å². The smallest absolute Gasteiger partial charge is 0.00543 e. The van der Waals surface area contributed by atoms with Gasteiger partial charge in [0.1, 0.15) is 0 Å². The maximum atomic E-state index is 3.82. The van der Waals surface area contributed by atoms with Crippen molar-refractivity contribution in [2.75, 3.05) is 0 Å². The minimum absolute atomic E-state index is 0.991. The van der Waals surface area contributed by atoms with Crippen LogP contribution in [0.25, 0.3) is 16.8 Å². The van der Waals surface area contributed by atoms with Crippen molar-refractivity contribution < 1.29 is 0 Å². The summed E-state index contributed by atoms with van der Waals surface area (Å²) in [5.41, 5.74) is 4.27. The summed E-state index contributed by atoms with van der Waals surface area (Å²) in [5.74, 6) is 0. The van der Waals surface area contributed by atoms with Crippen LogP contribution in [-0.2, 0) is 6.42 Å². The van der Waals surface area contributed by atoms with E-state index in [1.807, 2.05) is 6.08 Å². The molecule has 0 heteroatoms. The lowest BCUT2D eigenvalue weighted by Gasteiger charge is -2.17. The van der Waals surface area contributed by atoms with Crippen LogP contribution in [0.5, 0.6) is 0 Å². The molecule has 0 nitrogen and oxygen atoms in total. The van der Waals surface area contributed by atoms with Crippen molar-refractivity contribution in [2.24, 2.45) is 0 Å². The van der Waals surface area contributed by atoms with Crippen LogP contribution in [0.3, 0.4) is 0 Å². The predicted molar refractivity (Wildman–Crippen MR) is 70.4 cm³/mol. The van der Waals surface area contributed by atoms with Crippen LogP contribution in [0.2, 0.25) is 0 Å². The summed E-state index contributed by atoms with van der Waals surface area (Å²) in [4.78, 5) is 0. The average molecular weight is 206 g/mol. The summed E-state index contributed by atoms with van der Waals surface area (Å²) in [6.07, 6.45) is 6.36. The molecule has 0 saturated carbocycles. The Morgan fingerprint density at radius 2 is 1.94 bits per heavy atom.